The van der Waals surface area contributed by atoms with Gasteiger partial charge in [0, 0.05) is 70.5 Å². The second kappa shape index (κ2) is 12.8. The number of amides is 1. The predicted octanol–water partition coefficient (Wildman–Crippen LogP) is 4.78. The van der Waals surface area contributed by atoms with Gasteiger partial charge in [0.15, 0.2) is 0 Å². The van der Waals surface area contributed by atoms with Crippen LogP contribution in [0.4, 0.5) is 0 Å². The van der Waals surface area contributed by atoms with Crippen LogP contribution in [0.3, 0.4) is 0 Å². The summed E-state index contributed by atoms with van der Waals surface area (Å²) in [6, 6.07) is 19.2. The highest BCUT2D eigenvalue weighted by Gasteiger charge is 2.23. The molecule has 3 aliphatic rings. The lowest BCUT2D eigenvalue weighted by Crippen LogP contribution is -2.47. The minimum absolute atomic E-state index is 0.0689. The van der Waals surface area contributed by atoms with Crippen molar-refractivity contribution in [3.05, 3.63) is 71.3 Å². The molecule has 2 aliphatic heterocycles. The quantitative estimate of drug-likeness (QED) is 0.581. The van der Waals surface area contributed by atoms with E-state index in [-0.39, 0.29) is 11.9 Å². The molecule has 0 unspecified atom stereocenters. The van der Waals surface area contributed by atoms with E-state index >= 15 is 0 Å². The van der Waals surface area contributed by atoms with E-state index in [1.807, 2.05) is 12.1 Å². The van der Waals surface area contributed by atoms with Gasteiger partial charge in [-0.2, -0.15) is 0 Å². The molecule has 36 heavy (non-hydrogen) atoms. The number of piperidine rings is 1. The lowest BCUT2D eigenvalue weighted by molar-refractivity contribution is 0.0908. The van der Waals surface area contributed by atoms with Crippen LogP contribution < -0.4 is 5.32 Å². The maximum atomic E-state index is 12.8. The van der Waals surface area contributed by atoms with Gasteiger partial charge in [-0.05, 0) is 54.9 Å². The molecule has 0 aromatic heterocycles. The summed E-state index contributed by atoms with van der Waals surface area (Å²) in [6.07, 6.45) is 9.23. The van der Waals surface area contributed by atoms with Crippen molar-refractivity contribution >= 4 is 5.91 Å². The minimum Gasteiger partial charge on any atom is -0.349 e. The Kier molecular flexibility index (Phi) is 9.08. The number of hydrogen-bond donors (Lipinski definition) is 1. The lowest BCUT2D eigenvalue weighted by atomic mass is 9.89. The first-order chi connectivity index (χ1) is 17.7. The van der Waals surface area contributed by atoms with Gasteiger partial charge in [0.2, 0.25) is 0 Å². The van der Waals surface area contributed by atoms with Crippen molar-refractivity contribution in [3.8, 4) is 0 Å². The molecule has 1 aliphatic carbocycles. The number of hydrogen-bond acceptors (Lipinski definition) is 4. The molecule has 0 atom stereocenters. The Hall–Kier alpha value is -2.21. The number of nitrogens with zero attached hydrogens (tertiary/aromatic N) is 3. The van der Waals surface area contributed by atoms with Crippen LogP contribution in [0.5, 0.6) is 0 Å². The molecule has 5 heteroatoms. The van der Waals surface area contributed by atoms with Gasteiger partial charge < -0.3 is 10.2 Å². The number of nitrogens with one attached hydrogen (secondary N) is 1. The van der Waals surface area contributed by atoms with Crippen LogP contribution in [0.2, 0.25) is 0 Å². The zero-order valence-corrected chi connectivity index (χ0v) is 21.9. The molecule has 5 rings (SSSR count). The van der Waals surface area contributed by atoms with Gasteiger partial charge in [0.05, 0.1) is 0 Å². The van der Waals surface area contributed by atoms with Crippen molar-refractivity contribution in [1.82, 2.24) is 20.0 Å². The van der Waals surface area contributed by atoms with E-state index in [1.165, 1.54) is 62.9 Å². The largest absolute Gasteiger partial charge is 0.349 e. The van der Waals surface area contributed by atoms with Gasteiger partial charge in [-0.1, -0.05) is 61.7 Å². The maximum Gasteiger partial charge on any atom is 0.251 e. The van der Waals surface area contributed by atoms with Crippen molar-refractivity contribution in [3.63, 3.8) is 0 Å². The van der Waals surface area contributed by atoms with Crippen LogP contribution in [0, 0.1) is 5.92 Å². The number of carbonyl (C=O) groups excluding carboxylic acids is 1. The van der Waals surface area contributed by atoms with E-state index in [0.717, 1.165) is 63.6 Å². The molecule has 0 bridgehead atoms. The first-order valence-corrected chi connectivity index (χ1v) is 14.3. The highest BCUT2D eigenvalue weighted by atomic mass is 16.1. The Morgan fingerprint density at radius 1 is 0.667 bits per heavy atom. The molecule has 2 saturated heterocycles. The molecule has 1 N–H and O–H groups in total. The van der Waals surface area contributed by atoms with Gasteiger partial charge >= 0.3 is 0 Å². The number of benzene rings is 2. The molecule has 0 spiro atoms. The van der Waals surface area contributed by atoms with Crippen molar-refractivity contribution in [2.75, 3.05) is 45.8 Å². The maximum absolute atomic E-state index is 12.8. The summed E-state index contributed by atoms with van der Waals surface area (Å²) in [6.45, 7) is 10.1. The Balaban J connectivity index is 1.01. The molecule has 5 nitrogen and oxygen atoms in total. The second-order valence-corrected chi connectivity index (χ2v) is 11.3. The number of likely N-dealkylation sites (tertiary alicyclic amines) is 1. The molecule has 2 heterocycles. The summed E-state index contributed by atoms with van der Waals surface area (Å²) in [7, 11) is 0. The zero-order valence-electron chi connectivity index (χ0n) is 21.9. The average Bonchev–Trinajstić information content (AvgIpc) is 2.92. The molecule has 1 saturated carbocycles. The highest BCUT2D eigenvalue weighted by molar-refractivity contribution is 5.94. The number of piperazine rings is 1. The average molecular weight is 489 g/mol. The van der Waals surface area contributed by atoms with Crippen molar-refractivity contribution in [2.45, 2.75) is 64.1 Å². The predicted molar refractivity (Wildman–Crippen MR) is 147 cm³/mol. The van der Waals surface area contributed by atoms with Crippen LogP contribution in [-0.4, -0.2) is 72.5 Å². The third-order valence-electron chi connectivity index (χ3n) is 8.50. The van der Waals surface area contributed by atoms with E-state index in [9.17, 15) is 4.79 Å². The molecule has 2 aromatic carbocycles. The number of rotatable bonds is 8. The Morgan fingerprint density at radius 3 is 1.92 bits per heavy atom. The van der Waals surface area contributed by atoms with Crippen molar-refractivity contribution in [2.24, 2.45) is 5.92 Å². The SMILES string of the molecule is O=C(NC1CCN(Cc2ccccc2)CC1)c1ccc(CN2CCN(CC3CCCCC3)CC2)cc1. The van der Waals surface area contributed by atoms with Crippen LogP contribution >= 0.6 is 0 Å². The molecular weight excluding hydrogens is 444 g/mol. The Bertz CT molecular complexity index is 925. The topological polar surface area (TPSA) is 38.8 Å². The summed E-state index contributed by atoms with van der Waals surface area (Å²) in [5, 5.41) is 3.28. The third kappa shape index (κ3) is 7.41. The van der Waals surface area contributed by atoms with E-state index in [2.05, 4.69) is 62.5 Å². The van der Waals surface area contributed by atoms with Gasteiger partial charge in [-0.25, -0.2) is 0 Å². The van der Waals surface area contributed by atoms with Crippen LogP contribution in [0.1, 0.15) is 66.4 Å². The molecule has 0 radical (unpaired) electrons. The van der Waals surface area contributed by atoms with Crippen LogP contribution in [0.15, 0.2) is 54.6 Å². The molecule has 1 amide bonds. The first-order valence-electron chi connectivity index (χ1n) is 14.3. The number of carbonyl (C=O) groups is 1. The van der Waals surface area contributed by atoms with Crippen molar-refractivity contribution < 1.29 is 4.79 Å². The summed E-state index contributed by atoms with van der Waals surface area (Å²) in [5.41, 5.74) is 3.45. The normalized spacial score (nSPS) is 21.4. The Labute approximate surface area is 217 Å². The summed E-state index contributed by atoms with van der Waals surface area (Å²) >= 11 is 0. The fourth-order valence-electron chi connectivity index (χ4n) is 6.23. The van der Waals surface area contributed by atoms with Gasteiger partial charge in [-0.3, -0.25) is 14.6 Å². The molecule has 3 fully saturated rings. The standard InChI is InChI=1S/C31H44N4O/c36-31(32-30-15-17-33(18-16-30)23-26-7-3-1-4-8-26)29-13-11-28(12-14-29)25-35-21-19-34(20-22-35)24-27-9-5-2-6-10-27/h1,3-4,7-8,11-14,27,30H,2,5-6,9-10,15-25H2,(H,32,36). The van der Waals surface area contributed by atoms with Crippen molar-refractivity contribution in [1.29, 1.82) is 0 Å². The van der Waals surface area contributed by atoms with E-state index in [4.69, 9.17) is 0 Å². The summed E-state index contributed by atoms with van der Waals surface area (Å²) < 4.78 is 0. The van der Waals surface area contributed by atoms with Gasteiger partial charge in [-0.15, -0.1) is 0 Å². The Morgan fingerprint density at radius 2 is 1.25 bits per heavy atom. The summed E-state index contributed by atoms with van der Waals surface area (Å²) in [4.78, 5) is 20.6. The second-order valence-electron chi connectivity index (χ2n) is 11.3. The highest BCUT2D eigenvalue weighted by Crippen LogP contribution is 2.25. The smallest absolute Gasteiger partial charge is 0.251 e. The fraction of sp³-hybridized carbons (Fsp3) is 0.581. The first kappa shape index (κ1) is 25.4. The van der Waals surface area contributed by atoms with Gasteiger partial charge in [0.1, 0.15) is 0 Å². The van der Waals surface area contributed by atoms with Gasteiger partial charge in [0.25, 0.3) is 5.91 Å². The zero-order chi connectivity index (χ0) is 24.6. The third-order valence-corrected chi connectivity index (χ3v) is 8.50. The van der Waals surface area contributed by atoms with Crippen LogP contribution in [-0.2, 0) is 13.1 Å². The minimum atomic E-state index is 0.0689. The lowest BCUT2D eigenvalue weighted by Gasteiger charge is -2.37. The summed E-state index contributed by atoms with van der Waals surface area (Å²) in [5.74, 6) is 1.00. The van der Waals surface area contributed by atoms with E-state index in [0.29, 0.717) is 0 Å². The molecule has 194 valence electrons. The fourth-order valence-corrected chi connectivity index (χ4v) is 6.23. The van der Waals surface area contributed by atoms with E-state index in [1.54, 1.807) is 0 Å². The van der Waals surface area contributed by atoms with E-state index < -0.39 is 0 Å². The molecular formula is C31H44N4O. The van der Waals surface area contributed by atoms with Crippen LogP contribution in [0.25, 0.3) is 0 Å². The molecule has 2 aromatic rings. The monoisotopic (exact) mass is 488 g/mol.